The molecule has 0 heterocycles. The molecule has 39 heavy (non-hydrogen) atoms. The molecule has 0 aliphatic rings. The topological polar surface area (TPSA) is 58.9 Å². The van der Waals surface area contributed by atoms with Crippen LogP contribution in [0.5, 0.6) is 23.0 Å². The van der Waals surface area contributed by atoms with Gasteiger partial charge in [-0.3, -0.25) is 0 Å². The van der Waals surface area contributed by atoms with Crippen LogP contribution >= 0.6 is 70.5 Å². The Hall–Kier alpha value is -1.98. The predicted molar refractivity (Wildman–Crippen MR) is 172 cm³/mol. The van der Waals surface area contributed by atoms with Crippen LogP contribution in [0.15, 0.2) is 72.8 Å². The van der Waals surface area contributed by atoms with Crippen molar-refractivity contribution in [1.29, 1.82) is 0 Å². The van der Waals surface area contributed by atoms with Crippen LogP contribution in [0.1, 0.15) is 8.85 Å². The van der Waals surface area contributed by atoms with Gasteiger partial charge in [-0.15, -0.1) is 47.3 Å². The number of halogens is 7. The van der Waals surface area contributed by atoms with Crippen LogP contribution in [-0.2, 0) is 0 Å². The first-order valence-electron chi connectivity index (χ1n) is 10.6. The zero-order chi connectivity index (χ0) is 28.4. The van der Waals surface area contributed by atoms with Crippen molar-refractivity contribution < 1.29 is 29.9 Å². The summed E-state index contributed by atoms with van der Waals surface area (Å²) in [5, 5.41) is 19.5. The molecular weight excluding hydrogens is 748 g/mol. The number of methoxy groups -OCH3 is 2. The summed E-state index contributed by atoms with van der Waals surface area (Å²) in [5.41, 5.74) is 1.13. The van der Waals surface area contributed by atoms with Gasteiger partial charge in [-0.25, -0.2) is 8.78 Å². The lowest BCUT2D eigenvalue weighted by Gasteiger charge is -2.14. The Labute approximate surface area is 263 Å². The van der Waals surface area contributed by atoms with Gasteiger partial charge >= 0.3 is 3.18 Å². The molecule has 0 atom stereocenters. The summed E-state index contributed by atoms with van der Waals surface area (Å²) in [6.07, 6.45) is 0. The van der Waals surface area contributed by atoms with Gasteiger partial charge in [-0.1, -0.05) is 67.0 Å². The second-order valence-corrected chi connectivity index (χ2v) is 14.4. The Kier molecular flexibility index (Phi) is 15.3. The number of aromatic hydroxyl groups is 2. The minimum atomic E-state index is -0.548. The van der Waals surface area contributed by atoms with E-state index < -0.39 is 11.6 Å². The van der Waals surface area contributed by atoms with Crippen LogP contribution < -0.4 is 9.47 Å². The molecule has 0 saturated heterocycles. The lowest BCUT2D eigenvalue weighted by Crippen LogP contribution is -1.95. The number of para-hydroxylation sites is 2. The summed E-state index contributed by atoms with van der Waals surface area (Å²) in [7, 11) is 3.04. The van der Waals surface area contributed by atoms with E-state index in [0.29, 0.717) is 27.6 Å². The van der Waals surface area contributed by atoms with E-state index in [2.05, 4.69) is 47.3 Å². The van der Waals surface area contributed by atoms with Crippen molar-refractivity contribution in [2.24, 2.45) is 0 Å². The molecule has 12 heteroatoms. The van der Waals surface area contributed by atoms with Gasteiger partial charge in [0, 0.05) is 23.7 Å². The maximum atomic E-state index is 13.9. The molecule has 0 fully saturated rings. The van der Waals surface area contributed by atoms with Crippen molar-refractivity contribution in [3.05, 3.63) is 94.5 Å². The van der Waals surface area contributed by atoms with E-state index in [1.807, 2.05) is 0 Å². The van der Waals surface area contributed by atoms with Gasteiger partial charge in [0.05, 0.1) is 24.3 Å². The molecule has 0 amide bonds. The number of hydrogen-bond acceptors (Lipinski definition) is 4. The SMILES string of the molecule is BrB(Br)Br.C.COc1cccc(-c2c(F)cccc2Cl)c1OC.Oc1cccc(-c2c(F)cccc2Cl)c1O.[2HH]. The first kappa shape index (κ1) is 35.1. The van der Waals surface area contributed by atoms with E-state index >= 15 is 0 Å². The Balaban J connectivity index is 0.000000646. The number of hydrogen-bond donors (Lipinski definition) is 2. The predicted octanol–water partition coefficient (Wildman–Crippen LogP) is 10.8. The largest absolute Gasteiger partial charge is 0.504 e. The third kappa shape index (κ3) is 9.57. The highest BCUT2D eigenvalue weighted by atomic mass is 79.9. The van der Waals surface area contributed by atoms with Gasteiger partial charge in [-0.05, 0) is 36.4 Å². The normalized spacial score (nSPS) is 9.67. The molecule has 4 nitrogen and oxygen atoms in total. The van der Waals surface area contributed by atoms with Crippen LogP contribution in [0.25, 0.3) is 22.3 Å². The standard InChI is InChI=1S/C14H12ClFO2.C12H8ClFO2.CH4.BBr3.H2/c1-17-12-8-3-5-9(14(12)18-2)13-10(15)6-4-7-11(13)16;13-8-4-2-5-9(14)11(8)7-3-1-6-10(15)12(7)16;;2-1(3)4;/h3-8H,1-2H3;1-6,15-16H;1H4;;1H/i;;;;1+1. The second kappa shape index (κ2) is 17.0. The first-order chi connectivity index (χ1) is 18.0. The summed E-state index contributed by atoms with van der Waals surface area (Å²) in [5.74, 6) is -0.630. The summed E-state index contributed by atoms with van der Waals surface area (Å²) in [4.78, 5) is 0. The number of rotatable bonds is 4. The third-order valence-electron chi connectivity index (χ3n) is 4.88. The van der Waals surface area contributed by atoms with Crippen LogP contribution in [0.4, 0.5) is 8.78 Å². The van der Waals surface area contributed by atoms with Crippen molar-refractivity contribution in [2.75, 3.05) is 14.2 Å². The number of benzene rings is 4. The molecule has 0 aromatic heterocycles. The molecular formula is C27H26BBr3Cl2F2O4. The van der Waals surface area contributed by atoms with Crippen LogP contribution in [-0.4, -0.2) is 27.6 Å². The van der Waals surface area contributed by atoms with Crippen LogP contribution in [0.3, 0.4) is 0 Å². The average Bonchev–Trinajstić information content (AvgIpc) is 2.86. The highest BCUT2D eigenvalue weighted by Gasteiger charge is 2.17. The van der Waals surface area contributed by atoms with Gasteiger partial charge in [-0.2, -0.15) is 0 Å². The molecule has 0 saturated carbocycles. The van der Waals surface area contributed by atoms with Crippen molar-refractivity contribution in [2.45, 2.75) is 7.43 Å². The van der Waals surface area contributed by atoms with Crippen molar-refractivity contribution in [3.63, 3.8) is 0 Å². The molecule has 0 aliphatic carbocycles. The zero-order valence-corrected chi connectivity index (χ0v) is 26.1. The molecule has 0 spiro atoms. The van der Waals surface area contributed by atoms with Gasteiger partial charge in [0.15, 0.2) is 23.0 Å². The van der Waals surface area contributed by atoms with E-state index in [-0.39, 0.29) is 39.7 Å². The monoisotopic (exact) mass is 771 g/mol. The summed E-state index contributed by atoms with van der Waals surface area (Å²) >= 11 is 21.2. The fourth-order valence-electron chi connectivity index (χ4n) is 3.33. The Bertz CT molecular complexity index is 1340. The summed E-state index contributed by atoms with van der Waals surface area (Å²) in [6.45, 7) is 0. The van der Waals surface area contributed by atoms with E-state index in [4.69, 9.17) is 32.7 Å². The quantitative estimate of drug-likeness (QED) is 0.160. The maximum Gasteiger partial charge on any atom is 0.369 e. The average molecular weight is 775 g/mol. The summed E-state index contributed by atoms with van der Waals surface area (Å²) < 4.78 is 38.2. The second-order valence-electron chi connectivity index (χ2n) is 7.16. The molecule has 4 aromatic carbocycles. The number of phenolic OH excluding ortho intramolecular Hbond substituents is 2. The number of phenols is 2. The highest BCUT2D eigenvalue weighted by Crippen LogP contribution is 2.42. The molecule has 0 unspecified atom stereocenters. The molecule has 4 aromatic rings. The lowest BCUT2D eigenvalue weighted by molar-refractivity contribution is 0.356. The zero-order valence-electron chi connectivity index (χ0n) is 19.9. The van der Waals surface area contributed by atoms with E-state index in [1.165, 1.54) is 56.7 Å². The van der Waals surface area contributed by atoms with Gasteiger partial charge in [0.2, 0.25) is 0 Å². The minimum absolute atomic E-state index is 0. The Morgan fingerprint density at radius 2 is 1.15 bits per heavy atom. The Morgan fingerprint density at radius 1 is 0.718 bits per heavy atom. The molecule has 2 N–H and O–H groups in total. The third-order valence-corrected chi connectivity index (χ3v) is 5.51. The van der Waals surface area contributed by atoms with Crippen molar-refractivity contribution in [1.82, 2.24) is 0 Å². The van der Waals surface area contributed by atoms with Crippen molar-refractivity contribution >= 4 is 73.7 Å². The fraction of sp³-hybridized carbons (Fsp3) is 0.111. The minimum Gasteiger partial charge on any atom is -0.504 e. The van der Waals surface area contributed by atoms with Crippen molar-refractivity contribution in [3.8, 4) is 45.3 Å². The van der Waals surface area contributed by atoms with Gasteiger partial charge < -0.3 is 19.7 Å². The van der Waals surface area contributed by atoms with Gasteiger partial charge in [0.25, 0.3) is 0 Å². The first-order valence-corrected chi connectivity index (χ1v) is 14.1. The maximum absolute atomic E-state index is 13.9. The highest BCUT2D eigenvalue weighted by molar-refractivity contribution is 9.69. The van der Waals surface area contributed by atoms with E-state index in [1.54, 1.807) is 30.3 Å². The number of ether oxygens (including phenoxy) is 2. The van der Waals surface area contributed by atoms with Gasteiger partial charge in [0.1, 0.15) is 11.6 Å². The smallest absolute Gasteiger partial charge is 0.369 e. The Morgan fingerprint density at radius 3 is 1.62 bits per heavy atom. The van der Waals surface area contributed by atoms with Crippen LogP contribution in [0.2, 0.25) is 10.0 Å². The molecule has 0 aliphatic heterocycles. The van der Waals surface area contributed by atoms with Crippen LogP contribution in [0, 0.1) is 11.6 Å². The molecule has 0 bridgehead atoms. The molecule has 4 rings (SSSR count). The molecule has 210 valence electrons. The lowest BCUT2D eigenvalue weighted by atomic mass is 10.0. The fourth-order valence-corrected chi connectivity index (χ4v) is 3.86. The molecule has 0 radical (unpaired) electrons. The van der Waals surface area contributed by atoms with E-state index in [9.17, 15) is 19.0 Å². The summed E-state index contributed by atoms with van der Waals surface area (Å²) in [6, 6.07) is 18.4. The van der Waals surface area contributed by atoms with E-state index in [0.717, 1.165) is 0 Å².